The Morgan fingerprint density at radius 2 is 1.73 bits per heavy atom. The average molecular weight is 347 g/mol. The van der Waals surface area contributed by atoms with Crippen molar-refractivity contribution in [1.82, 2.24) is 4.31 Å². The molecule has 2 rings (SSSR count). The highest BCUT2D eigenvalue weighted by atomic mass is 32.2. The average Bonchev–Trinajstić information content (AvgIpc) is 2.46. The second-order valence-electron chi connectivity index (χ2n) is 5.18. The molecule has 1 aliphatic heterocycles. The Kier molecular flexibility index (Phi) is 4.59. The van der Waals surface area contributed by atoms with Crippen LogP contribution < -0.4 is 0 Å². The molecule has 1 unspecified atom stereocenters. The van der Waals surface area contributed by atoms with Crippen molar-refractivity contribution < 1.29 is 26.7 Å². The van der Waals surface area contributed by atoms with Crippen LogP contribution in [0.1, 0.15) is 19.3 Å². The number of piperidine rings is 1. The predicted octanol–water partition coefficient (Wildman–Crippen LogP) is 0.718. The summed E-state index contributed by atoms with van der Waals surface area (Å²) < 4.78 is 50.0. The van der Waals surface area contributed by atoms with Gasteiger partial charge in [-0.05, 0) is 31.4 Å². The fraction of sp³-hybridized carbons (Fsp3) is 0.462. The van der Waals surface area contributed by atoms with Crippen LogP contribution in [0.4, 0.5) is 0 Å². The maximum Gasteiger partial charge on any atom is 0.322 e. The summed E-state index contributed by atoms with van der Waals surface area (Å²) in [6.45, 7) is 0.0669. The lowest BCUT2D eigenvalue weighted by atomic mass is 10.1. The van der Waals surface area contributed by atoms with Crippen LogP contribution >= 0.6 is 0 Å². The van der Waals surface area contributed by atoms with Gasteiger partial charge in [-0.15, -0.1) is 0 Å². The van der Waals surface area contributed by atoms with Gasteiger partial charge in [0.25, 0.3) is 0 Å². The van der Waals surface area contributed by atoms with Crippen molar-refractivity contribution in [2.75, 3.05) is 12.8 Å². The monoisotopic (exact) mass is 347 g/mol. The van der Waals surface area contributed by atoms with Gasteiger partial charge in [0.15, 0.2) is 9.84 Å². The summed E-state index contributed by atoms with van der Waals surface area (Å²) >= 11 is 0. The van der Waals surface area contributed by atoms with Gasteiger partial charge in [0.1, 0.15) is 10.9 Å². The van der Waals surface area contributed by atoms with Gasteiger partial charge in [-0.3, -0.25) is 4.79 Å². The van der Waals surface area contributed by atoms with Crippen LogP contribution in [0.25, 0.3) is 0 Å². The minimum Gasteiger partial charge on any atom is -0.480 e. The number of nitrogens with zero attached hydrogens (tertiary/aromatic N) is 1. The Balaban J connectivity index is 2.58. The molecule has 7 nitrogen and oxygen atoms in total. The van der Waals surface area contributed by atoms with E-state index in [-0.39, 0.29) is 22.8 Å². The van der Waals surface area contributed by atoms with E-state index in [1.807, 2.05) is 0 Å². The van der Waals surface area contributed by atoms with Gasteiger partial charge < -0.3 is 5.11 Å². The summed E-state index contributed by atoms with van der Waals surface area (Å²) in [5, 5.41) is 9.22. The van der Waals surface area contributed by atoms with Crippen molar-refractivity contribution in [3.05, 3.63) is 24.3 Å². The second-order valence-corrected chi connectivity index (χ2v) is 9.03. The molecule has 0 radical (unpaired) electrons. The number of sulfone groups is 1. The van der Waals surface area contributed by atoms with Crippen LogP contribution in [0.5, 0.6) is 0 Å². The van der Waals surface area contributed by atoms with Crippen molar-refractivity contribution in [2.45, 2.75) is 35.1 Å². The SMILES string of the molecule is CS(=O)(=O)c1ccccc1S(=O)(=O)N1CCCCC1C(=O)O. The number of benzene rings is 1. The van der Waals surface area contributed by atoms with Crippen molar-refractivity contribution >= 4 is 25.8 Å². The van der Waals surface area contributed by atoms with E-state index in [1.54, 1.807) is 0 Å². The Morgan fingerprint density at radius 1 is 1.14 bits per heavy atom. The molecular formula is C13H17NO6S2. The maximum atomic E-state index is 12.8. The molecule has 0 spiro atoms. The maximum absolute atomic E-state index is 12.8. The van der Waals surface area contributed by atoms with E-state index >= 15 is 0 Å². The van der Waals surface area contributed by atoms with E-state index in [2.05, 4.69) is 0 Å². The van der Waals surface area contributed by atoms with E-state index in [0.717, 1.165) is 10.6 Å². The zero-order chi connectivity index (χ0) is 16.5. The third-order valence-corrected chi connectivity index (χ3v) is 6.82. The van der Waals surface area contributed by atoms with Gasteiger partial charge in [-0.1, -0.05) is 12.1 Å². The van der Waals surface area contributed by atoms with Crippen LogP contribution in [-0.2, 0) is 24.7 Å². The molecule has 1 fully saturated rings. The Labute approximate surface area is 129 Å². The number of hydrogen-bond acceptors (Lipinski definition) is 5. The molecule has 0 saturated carbocycles. The van der Waals surface area contributed by atoms with Crippen molar-refractivity contribution in [1.29, 1.82) is 0 Å². The fourth-order valence-electron chi connectivity index (χ4n) is 2.54. The fourth-order valence-corrected chi connectivity index (χ4v) is 5.79. The highest BCUT2D eigenvalue weighted by Crippen LogP contribution is 2.29. The molecule has 9 heteroatoms. The molecule has 0 amide bonds. The summed E-state index contributed by atoms with van der Waals surface area (Å²) in [7, 11) is -7.94. The number of hydrogen-bond donors (Lipinski definition) is 1. The third kappa shape index (κ3) is 3.16. The highest BCUT2D eigenvalue weighted by molar-refractivity contribution is 7.93. The van der Waals surface area contributed by atoms with Crippen molar-refractivity contribution in [3.63, 3.8) is 0 Å². The zero-order valence-electron chi connectivity index (χ0n) is 12.0. The second kappa shape index (κ2) is 5.98. The minimum atomic E-state index is -4.20. The number of rotatable bonds is 4. The molecule has 0 bridgehead atoms. The zero-order valence-corrected chi connectivity index (χ0v) is 13.6. The minimum absolute atomic E-state index is 0.0669. The molecule has 0 aliphatic carbocycles. The summed E-state index contributed by atoms with van der Waals surface area (Å²) in [4.78, 5) is 10.6. The van der Waals surface area contributed by atoms with Crippen molar-refractivity contribution in [2.24, 2.45) is 0 Å². The molecule has 1 aromatic carbocycles. The smallest absolute Gasteiger partial charge is 0.322 e. The van der Waals surface area contributed by atoms with Crippen LogP contribution in [0, 0.1) is 0 Å². The van der Waals surface area contributed by atoms with Crippen LogP contribution in [0.15, 0.2) is 34.1 Å². The normalized spacial score (nSPS) is 20.7. The van der Waals surface area contributed by atoms with E-state index in [4.69, 9.17) is 0 Å². The van der Waals surface area contributed by atoms with Crippen LogP contribution in [0.3, 0.4) is 0 Å². The molecule has 1 aliphatic rings. The van der Waals surface area contributed by atoms with Crippen LogP contribution in [0.2, 0.25) is 0 Å². The molecule has 22 heavy (non-hydrogen) atoms. The molecule has 1 atom stereocenters. The summed E-state index contributed by atoms with van der Waals surface area (Å²) in [6.07, 6.45) is 2.31. The number of sulfonamides is 1. The standard InChI is InChI=1S/C13H17NO6S2/c1-21(17,18)11-7-2-3-8-12(11)22(19,20)14-9-5-4-6-10(14)13(15)16/h2-3,7-8,10H,4-6,9H2,1H3,(H,15,16). The Morgan fingerprint density at radius 3 is 2.27 bits per heavy atom. The first-order valence-corrected chi connectivity index (χ1v) is 10.0. The van der Waals surface area contributed by atoms with Crippen LogP contribution in [-0.4, -0.2) is 51.1 Å². The Hall–Kier alpha value is -1.45. The van der Waals surface area contributed by atoms with Gasteiger partial charge >= 0.3 is 5.97 Å². The van der Waals surface area contributed by atoms with E-state index in [1.165, 1.54) is 24.3 Å². The van der Waals surface area contributed by atoms with Gasteiger partial charge in [-0.25, -0.2) is 16.8 Å². The number of aliphatic carboxylic acids is 1. The molecule has 122 valence electrons. The Bertz CT molecular complexity index is 785. The lowest BCUT2D eigenvalue weighted by Crippen LogP contribution is -2.48. The molecule has 1 heterocycles. The van der Waals surface area contributed by atoms with Gasteiger partial charge in [-0.2, -0.15) is 4.31 Å². The summed E-state index contributed by atoms with van der Waals surface area (Å²) in [5.74, 6) is -1.22. The predicted molar refractivity (Wildman–Crippen MR) is 78.7 cm³/mol. The number of carbonyl (C=O) groups is 1. The summed E-state index contributed by atoms with van der Waals surface area (Å²) in [6, 6.07) is 4.09. The first-order chi connectivity index (χ1) is 10.2. The van der Waals surface area contributed by atoms with Gasteiger partial charge in [0.05, 0.1) is 4.90 Å². The quantitative estimate of drug-likeness (QED) is 0.859. The molecular weight excluding hydrogens is 330 g/mol. The number of carboxylic acids is 1. The highest BCUT2D eigenvalue weighted by Gasteiger charge is 2.39. The lowest BCUT2D eigenvalue weighted by molar-refractivity contribution is -0.142. The summed E-state index contributed by atoms with van der Waals surface area (Å²) in [5.41, 5.74) is 0. The van der Waals surface area contributed by atoms with E-state index < -0.39 is 31.9 Å². The van der Waals surface area contributed by atoms with Gasteiger partial charge in [0, 0.05) is 12.8 Å². The third-order valence-electron chi connectivity index (χ3n) is 3.57. The first-order valence-electron chi connectivity index (χ1n) is 6.69. The topological polar surface area (TPSA) is 109 Å². The molecule has 1 aromatic rings. The molecule has 0 aromatic heterocycles. The van der Waals surface area contributed by atoms with E-state index in [9.17, 15) is 26.7 Å². The van der Waals surface area contributed by atoms with Crippen molar-refractivity contribution in [3.8, 4) is 0 Å². The first kappa shape index (κ1) is 16.9. The van der Waals surface area contributed by atoms with E-state index in [0.29, 0.717) is 12.8 Å². The molecule has 1 saturated heterocycles. The number of carboxylic acid groups (broad SMARTS) is 1. The van der Waals surface area contributed by atoms with Gasteiger partial charge in [0.2, 0.25) is 10.0 Å². The lowest BCUT2D eigenvalue weighted by Gasteiger charge is -2.32. The largest absolute Gasteiger partial charge is 0.480 e. The molecule has 1 N–H and O–H groups in total.